The topological polar surface area (TPSA) is 26.0 Å². The lowest BCUT2D eigenvalue weighted by molar-refractivity contribution is 0.686. The van der Waals surface area contributed by atoms with Crippen molar-refractivity contribution in [3.8, 4) is 0 Å². The number of benzene rings is 1. The highest BCUT2D eigenvalue weighted by Gasteiger charge is 1.94. The van der Waals surface area contributed by atoms with Crippen molar-refractivity contribution < 1.29 is 0 Å². The van der Waals surface area contributed by atoms with Crippen LogP contribution in [0.4, 0.5) is 0 Å². The molecular weight excluding hydrogens is 190 g/mol. The summed E-state index contributed by atoms with van der Waals surface area (Å²) in [6.45, 7) is 0.825. The van der Waals surface area contributed by atoms with E-state index in [-0.39, 0.29) is 0 Å². The van der Waals surface area contributed by atoms with Crippen LogP contribution in [0.2, 0.25) is 0 Å². The van der Waals surface area contributed by atoms with Crippen LogP contribution < -0.4 is 5.73 Å². The third kappa shape index (κ3) is 4.16. The SMILES string of the molecule is CSc1ccc(CCCCCN)cc1. The van der Waals surface area contributed by atoms with E-state index in [1.54, 1.807) is 11.8 Å². The maximum absolute atomic E-state index is 5.44. The van der Waals surface area contributed by atoms with Crippen LogP contribution in [-0.4, -0.2) is 12.8 Å². The Morgan fingerprint density at radius 3 is 2.36 bits per heavy atom. The van der Waals surface area contributed by atoms with Crippen molar-refractivity contribution in [1.29, 1.82) is 0 Å². The highest BCUT2D eigenvalue weighted by Crippen LogP contribution is 2.16. The van der Waals surface area contributed by atoms with E-state index in [9.17, 15) is 0 Å². The fourth-order valence-electron chi connectivity index (χ4n) is 1.44. The molecule has 0 saturated carbocycles. The maximum atomic E-state index is 5.44. The summed E-state index contributed by atoms with van der Waals surface area (Å²) >= 11 is 1.79. The van der Waals surface area contributed by atoms with Gasteiger partial charge in [-0.25, -0.2) is 0 Å². The van der Waals surface area contributed by atoms with Crippen LogP contribution >= 0.6 is 11.8 Å². The fraction of sp³-hybridized carbons (Fsp3) is 0.500. The molecule has 0 bridgehead atoms. The monoisotopic (exact) mass is 209 g/mol. The normalized spacial score (nSPS) is 10.4. The molecule has 0 heterocycles. The molecule has 78 valence electrons. The van der Waals surface area contributed by atoms with Crippen molar-refractivity contribution in [3.05, 3.63) is 29.8 Å². The largest absolute Gasteiger partial charge is 0.330 e. The molecule has 0 fully saturated rings. The number of aryl methyl sites for hydroxylation is 1. The highest BCUT2D eigenvalue weighted by atomic mass is 32.2. The Balaban J connectivity index is 2.29. The van der Waals surface area contributed by atoms with Gasteiger partial charge in [0.15, 0.2) is 0 Å². The molecule has 1 aromatic carbocycles. The van der Waals surface area contributed by atoms with Gasteiger partial charge < -0.3 is 5.73 Å². The zero-order chi connectivity index (χ0) is 10.2. The van der Waals surface area contributed by atoms with Crippen LogP contribution in [0.25, 0.3) is 0 Å². The third-order valence-corrected chi connectivity index (χ3v) is 3.07. The lowest BCUT2D eigenvalue weighted by Crippen LogP contribution is -1.98. The van der Waals surface area contributed by atoms with Crippen molar-refractivity contribution in [2.75, 3.05) is 12.8 Å². The number of rotatable bonds is 6. The van der Waals surface area contributed by atoms with Gasteiger partial charge in [0, 0.05) is 4.90 Å². The van der Waals surface area contributed by atoms with Gasteiger partial charge >= 0.3 is 0 Å². The van der Waals surface area contributed by atoms with E-state index in [1.807, 2.05) is 0 Å². The zero-order valence-corrected chi connectivity index (χ0v) is 9.65. The van der Waals surface area contributed by atoms with Crippen LogP contribution in [0.5, 0.6) is 0 Å². The van der Waals surface area contributed by atoms with Crippen molar-refractivity contribution >= 4 is 11.8 Å². The van der Waals surface area contributed by atoms with E-state index < -0.39 is 0 Å². The first kappa shape index (κ1) is 11.6. The van der Waals surface area contributed by atoms with Gasteiger partial charge in [-0.3, -0.25) is 0 Å². The number of hydrogen-bond acceptors (Lipinski definition) is 2. The van der Waals surface area contributed by atoms with E-state index in [2.05, 4.69) is 30.5 Å². The third-order valence-electron chi connectivity index (χ3n) is 2.33. The molecule has 0 aliphatic heterocycles. The van der Waals surface area contributed by atoms with E-state index in [0.717, 1.165) is 13.0 Å². The molecule has 0 spiro atoms. The first-order valence-electron chi connectivity index (χ1n) is 5.20. The van der Waals surface area contributed by atoms with Gasteiger partial charge in [-0.2, -0.15) is 0 Å². The molecule has 0 aliphatic carbocycles. The predicted octanol–water partition coefficient (Wildman–Crippen LogP) is 3.08. The average molecular weight is 209 g/mol. The standard InChI is InChI=1S/C12H19NS/c1-14-12-8-6-11(7-9-12)5-3-2-4-10-13/h6-9H,2-5,10,13H2,1H3. The number of thioether (sulfide) groups is 1. The molecule has 0 atom stereocenters. The maximum Gasteiger partial charge on any atom is 0.00693 e. The molecule has 0 aliphatic rings. The van der Waals surface area contributed by atoms with E-state index >= 15 is 0 Å². The highest BCUT2D eigenvalue weighted by molar-refractivity contribution is 7.98. The van der Waals surface area contributed by atoms with E-state index in [0.29, 0.717) is 0 Å². The molecule has 0 unspecified atom stereocenters. The van der Waals surface area contributed by atoms with Gasteiger partial charge in [0.05, 0.1) is 0 Å². The lowest BCUT2D eigenvalue weighted by atomic mass is 10.1. The summed E-state index contributed by atoms with van der Waals surface area (Å²) in [5.41, 5.74) is 6.89. The molecule has 2 N–H and O–H groups in total. The molecule has 1 rings (SSSR count). The van der Waals surface area contributed by atoms with Crippen LogP contribution in [0, 0.1) is 0 Å². The summed E-state index contributed by atoms with van der Waals surface area (Å²) in [5, 5.41) is 0. The summed E-state index contributed by atoms with van der Waals surface area (Å²) in [6, 6.07) is 8.86. The molecular formula is C12H19NS. The summed E-state index contributed by atoms with van der Waals surface area (Å²) in [6.07, 6.45) is 6.96. The van der Waals surface area contributed by atoms with Crippen molar-refractivity contribution in [1.82, 2.24) is 0 Å². The summed E-state index contributed by atoms with van der Waals surface area (Å²) < 4.78 is 0. The Morgan fingerprint density at radius 2 is 1.79 bits per heavy atom. The number of unbranched alkanes of at least 4 members (excludes halogenated alkanes) is 2. The minimum absolute atomic E-state index is 0.825. The average Bonchev–Trinajstić information content (AvgIpc) is 2.25. The second kappa shape index (κ2) is 6.91. The summed E-state index contributed by atoms with van der Waals surface area (Å²) in [7, 11) is 0. The Kier molecular flexibility index (Phi) is 5.72. The van der Waals surface area contributed by atoms with Crippen molar-refractivity contribution in [2.45, 2.75) is 30.6 Å². The predicted molar refractivity (Wildman–Crippen MR) is 64.8 cm³/mol. The first-order valence-corrected chi connectivity index (χ1v) is 6.42. The van der Waals surface area contributed by atoms with Gasteiger partial charge in [-0.1, -0.05) is 18.6 Å². The van der Waals surface area contributed by atoms with Crippen molar-refractivity contribution in [3.63, 3.8) is 0 Å². The molecule has 1 nitrogen and oxygen atoms in total. The van der Waals surface area contributed by atoms with Gasteiger partial charge in [-0.15, -0.1) is 11.8 Å². The van der Waals surface area contributed by atoms with Gasteiger partial charge in [0.1, 0.15) is 0 Å². The number of nitrogens with two attached hydrogens (primary N) is 1. The molecule has 1 aromatic rings. The Labute approximate surface area is 91.1 Å². The lowest BCUT2D eigenvalue weighted by Gasteiger charge is -2.02. The smallest absolute Gasteiger partial charge is 0.00693 e. The van der Waals surface area contributed by atoms with Gasteiger partial charge in [0.25, 0.3) is 0 Å². The Bertz CT molecular complexity index is 243. The quantitative estimate of drug-likeness (QED) is 0.575. The zero-order valence-electron chi connectivity index (χ0n) is 8.83. The van der Waals surface area contributed by atoms with Crippen molar-refractivity contribution in [2.24, 2.45) is 5.73 Å². The molecule has 0 amide bonds. The second-order valence-corrected chi connectivity index (χ2v) is 4.33. The molecule has 2 heteroatoms. The Hall–Kier alpha value is -0.470. The second-order valence-electron chi connectivity index (χ2n) is 3.45. The van der Waals surface area contributed by atoms with E-state index in [1.165, 1.54) is 29.7 Å². The van der Waals surface area contributed by atoms with E-state index in [4.69, 9.17) is 5.73 Å². The molecule has 0 radical (unpaired) electrons. The Morgan fingerprint density at radius 1 is 1.07 bits per heavy atom. The summed E-state index contributed by atoms with van der Waals surface area (Å²) in [4.78, 5) is 1.34. The van der Waals surface area contributed by atoms with Gasteiger partial charge in [-0.05, 0) is 49.8 Å². The van der Waals surface area contributed by atoms with Crippen LogP contribution in [0.1, 0.15) is 24.8 Å². The van der Waals surface area contributed by atoms with Gasteiger partial charge in [0.2, 0.25) is 0 Å². The van der Waals surface area contributed by atoms with Crippen LogP contribution in [0.15, 0.2) is 29.2 Å². The minimum atomic E-state index is 0.825. The minimum Gasteiger partial charge on any atom is -0.330 e. The first-order chi connectivity index (χ1) is 6.86. The summed E-state index contributed by atoms with van der Waals surface area (Å²) in [5.74, 6) is 0. The van der Waals surface area contributed by atoms with Crippen LogP contribution in [-0.2, 0) is 6.42 Å². The fourth-order valence-corrected chi connectivity index (χ4v) is 1.85. The number of hydrogen-bond donors (Lipinski definition) is 1. The molecule has 0 aromatic heterocycles. The van der Waals surface area contributed by atoms with Crippen LogP contribution in [0.3, 0.4) is 0 Å². The molecule has 14 heavy (non-hydrogen) atoms. The molecule has 0 saturated heterocycles.